The zero-order chi connectivity index (χ0) is 32.2. The number of likely N-dealkylation sites (tertiary alicyclic amines) is 1. The second-order valence-corrected chi connectivity index (χ2v) is 11.6. The SMILES string of the molecule is CC(=O)N1CCC(C(=O)NCc2ccc(C(=O)Nc3ccc(Cl)cc3N3CCN(CCC(F)(F)F)[C@H](C)C3)c(F)c2F)CC1. The van der Waals surface area contributed by atoms with Crippen LogP contribution < -0.4 is 15.5 Å². The van der Waals surface area contributed by atoms with Crippen molar-refractivity contribution < 1.29 is 36.3 Å². The maximum absolute atomic E-state index is 15.1. The number of nitrogens with one attached hydrogen (secondary N) is 2. The lowest BCUT2D eigenvalue weighted by molar-refractivity contribution is -0.139. The minimum atomic E-state index is -4.25. The van der Waals surface area contributed by atoms with Crippen molar-refractivity contribution in [3.8, 4) is 0 Å². The van der Waals surface area contributed by atoms with E-state index in [-0.39, 0.29) is 48.1 Å². The Kier molecular flexibility index (Phi) is 10.7. The first-order valence-corrected chi connectivity index (χ1v) is 14.8. The van der Waals surface area contributed by atoms with Crippen LogP contribution in [0.4, 0.5) is 33.3 Å². The van der Waals surface area contributed by atoms with Crippen LogP contribution in [0.3, 0.4) is 0 Å². The number of carbonyl (C=O) groups is 3. The highest BCUT2D eigenvalue weighted by molar-refractivity contribution is 6.31. The second kappa shape index (κ2) is 14.1. The van der Waals surface area contributed by atoms with Crippen molar-refractivity contribution in [2.24, 2.45) is 5.92 Å². The number of piperidine rings is 1. The number of carbonyl (C=O) groups excluding carboxylic acids is 3. The molecule has 2 fully saturated rings. The molecule has 2 aromatic carbocycles. The predicted molar refractivity (Wildman–Crippen MR) is 157 cm³/mol. The summed E-state index contributed by atoms with van der Waals surface area (Å²) in [5.74, 6) is -4.26. The van der Waals surface area contributed by atoms with E-state index in [1.54, 1.807) is 15.9 Å². The summed E-state index contributed by atoms with van der Waals surface area (Å²) < 4.78 is 68.2. The molecule has 2 aliphatic heterocycles. The molecule has 4 rings (SSSR count). The summed E-state index contributed by atoms with van der Waals surface area (Å²) in [6, 6.07) is 6.79. The fourth-order valence-corrected chi connectivity index (χ4v) is 5.73. The summed E-state index contributed by atoms with van der Waals surface area (Å²) in [7, 11) is 0. The molecule has 0 bridgehead atoms. The molecule has 0 spiro atoms. The highest BCUT2D eigenvalue weighted by atomic mass is 35.5. The van der Waals surface area contributed by atoms with Gasteiger partial charge in [-0.15, -0.1) is 0 Å². The summed E-state index contributed by atoms with van der Waals surface area (Å²) in [5, 5.41) is 5.58. The number of nitrogens with zero attached hydrogens (tertiary/aromatic N) is 3. The molecule has 2 aromatic rings. The zero-order valence-electron chi connectivity index (χ0n) is 24.4. The molecule has 0 unspecified atom stereocenters. The van der Waals surface area contributed by atoms with Crippen LogP contribution in [0.2, 0.25) is 5.02 Å². The molecule has 44 heavy (non-hydrogen) atoms. The van der Waals surface area contributed by atoms with Gasteiger partial charge in [-0.2, -0.15) is 13.2 Å². The smallest absolute Gasteiger partial charge is 0.367 e. The van der Waals surface area contributed by atoms with Crippen LogP contribution in [0, 0.1) is 17.6 Å². The Hall–Kier alpha value is -3.45. The summed E-state index contributed by atoms with van der Waals surface area (Å²) in [6.45, 7) is 4.86. The first kappa shape index (κ1) is 33.4. The normalized spacial score (nSPS) is 18.3. The van der Waals surface area contributed by atoms with Crippen molar-refractivity contribution in [3.05, 3.63) is 58.1 Å². The average molecular weight is 644 g/mol. The van der Waals surface area contributed by atoms with Crippen LogP contribution in [-0.4, -0.2) is 79.0 Å². The van der Waals surface area contributed by atoms with Crippen LogP contribution in [0.25, 0.3) is 0 Å². The van der Waals surface area contributed by atoms with Gasteiger partial charge in [-0.1, -0.05) is 17.7 Å². The van der Waals surface area contributed by atoms with Crippen molar-refractivity contribution in [2.45, 2.75) is 51.9 Å². The van der Waals surface area contributed by atoms with E-state index in [0.29, 0.717) is 56.3 Å². The Morgan fingerprint density at radius 1 is 1.00 bits per heavy atom. The molecule has 2 heterocycles. The van der Waals surface area contributed by atoms with Crippen LogP contribution in [-0.2, 0) is 16.1 Å². The number of amides is 3. The monoisotopic (exact) mass is 643 g/mol. The molecule has 14 heteroatoms. The van der Waals surface area contributed by atoms with Crippen LogP contribution in [0.15, 0.2) is 30.3 Å². The van der Waals surface area contributed by atoms with Gasteiger partial charge in [0.25, 0.3) is 5.91 Å². The van der Waals surface area contributed by atoms with E-state index in [2.05, 4.69) is 10.6 Å². The maximum Gasteiger partial charge on any atom is 0.390 e. The van der Waals surface area contributed by atoms with Crippen molar-refractivity contribution in [3.63, 3.8) is 0 Å². The fourth-order valence-electron chi connectivity index (χ4n) is 5.56. The summed E-state index contributed by atoms with van der Waals surface area (Å²) in [6.07, 6.45) is -4.22. The molecule has 8 nitrogen and oxygen atoms in total. The number of alkyl halides is 3. The van der Waals surface area contributed by atoms with Gasteiger partial charge in [0.2, 0.25) is 11.8 Å². The van der Waals surface area contributed by atoms with Gasteiger partial charge in [0.05, 0.1) is 23.4 Å². The lowest BCUT2D eigenvalue weighted by atomic mass is 9.95. The Labute approximate surface area is 257 Å². The molecule has 240 valence electrons. The lowest BCUT2D eigenvalue weighted by Crippen LogP contribution is -2.52. The number of hydrogen-bond acceptors (Lipinski definition) is 5. The lowest BCUT2D eigenvalue weighted by Gasteiger charge is -2.41. The third kappa shape index (κ3) is 8.38. The molecule has 2 saturated heterocycles. The van der Waals surface area contributed by atoms with Gasteiger partial charge in [-0.05, 0) is 44.0 Å². The van der Waals surface area contributed by atoms with E-state index < -0.39 is 35.7 Å². The van der Waals surface area contributed by atoms with Crippen molar-refractivity contribution in [2.75, 3.05) is 49.5 Å². The minimum absolute atomic E-state index is 0.0615. The van der Waals surface area contributed by atoms with Crippen molar-refractivity contribution >= 4 is 40.7 Å². The highest BCUT2D eigenvalue weighted by Gasteiger charge is 2.32. The van der Waals surface area contributed by atoms with Gasteiger partial charge >= 0.3 is 6.18 Å². The number of halogens is 6. The zero-order valence-corrected chi connectivity index (χ0v) is 25.2. The molecule has 1 atom stereocenters. The summed E-state index contributed by atoms with van der Waals surface area (Å²) in [4.78, 5) is 42.4. The molecule has 2 aliphatic rings. The molecular weight excluding hydrogens is 609 g/mol. The third-order valence-electron chi connectivity index (χ3n) is 8.17. The number of anilines is 2. The Bertz CT molecular complexity index is 1380. The predicted octanol–water partition coefficient (Wildman–Crippen LogP) is 5.21. The van der Waals surface area contributed by atoms with Crippen molar-refractivity contribution in [1.29, 1.82) is 0 Å². The van der Waals surface area contributed by atoms with Gasteiger partial charge in [0.15, 0.2) is 11.6 Å². The standard InChI is InChI=1S/C30H35ClF5N5O3/c1-18-17-41(14-13-39(18)12-9-30(34,35)36)25-15-22(31)4-6-24(25)38-29(44)23-5-3-21(26(32)27(23)33)16-37-28(43)20-7-10-40(11-8-20)19(2)42/h3-6,15,18,20H,7-14,16-17H2,1-2H3,(H,37,43)(H,38,44)/t18-/m1/s1. The molecule has 2 N–H and O–H groups in total. The van der Waals surface area contributed by atoms with Crippen LogP contribution >= 0.6 is 11.6 Å². The molecular formula is C30H35ClF5N5O3. The van der Waals surface area contributed by atoms with Gasteiger partial charge in [0, 0.05) is 75.3 Å². The molecule has 0 aromatic heterocycles. The van der Waals surface area contributed by atoms with Crippen LogP contribution in [0.5, 0.6) is 0 Å². The van der Waals surface area contributed by atoms with E-state index in [0.717, 1.165) is 6.07 Å². The van der Waals surface area contributed by atoms with Gasteiger partial charge in [-0.25, -0.2) is 8.78 Å². The molecule has 3 amide bonds. The largest absolute Gasteiger partial charge is 0.390 e. The molecule has 0 radical (unpaired) electrons. The van der Waals surface area contributed by atoms with E-state index in [1.165, 1.54) is 25.1 Å². The maximum atomic E-state index is 15.1. The number of benzene rings is 2. The van der Waals surface area contributed by atoms with Gasteiger partial charge in [-0.3, -0.25) is 19.3 Å². The van der Waals surface area contributed by atoms with Crippen molar-refractivity contribution in [1.82, 2.24) is 15.1 Å². The molecule has 0 aliphatic carbocycles. The summed E-state index contributed by atoms with van der Waals surface area (Å²) in [5.41, 5.74) is 0.114. The Morgan fingerprint density at radius 3 is 2.34 bits per heavy atom. The minimum Gasteiger partial charge on any atom is -0.367 e. The van der Waals surface area contributed by atoms with Gasteiger partial charge < -0.3 is 20.4 Å². The number of rotatable bonds is 8. The highest BCUT2D eigenvalue weighted by Crippen LogP contribution is 2.32. The first-order chi connectivity index (χ1) is 20.7. The Balaban J connectivity index is 1.40. The quantitative estimate of drug-likeness (QED) is 0.386. The molecule has 0 saturated carbocycles. The van der Waals surface area contributed by atoms with E-state index >= 15 is 4.39 Å². The topological polar surface area (TPSA) is 85.0 Å². The second-order valence-electron chi connectivity index (χ2n) is 11.2. The van der Waals surface area contributed by atoms with E-state index in [1.807, 2.05) is 11.8 Å². The number of piperazine rings is 1. The Morgan fingerprint density at radius 2 is 1.70 bits per heavy atom. The first-order valence-electron chi connectivity index (χ1n) is 14.4. The van der Waals surface area contributed by atoms with Crippen LogP contribution in [0.1, 0.15) is 49.0 Å². The summed E-state index contributed by atoms with van der Waals surface area (Å²) >= 11 is 6.21. The van der Waals surface area contributed by atoms with E-state index in [9.17, 15) is 31.9 Å². The third-order valence-corrected chi connectivity index (χ3v) is 8.40. The van der Waals surface area contributed by atoms with E-state index in [4.69, 9.17) is 11.6 Å². The average Bonchev–Trinajstić information content (AvgIpc) is 2.97. The van der Waals surface area contributed by atoms with Gasteiger partial charge in [0.1, 0.15) is 0 Å². The number of hydrogen-bond donors (Lipinski definition) is 2. The fraction of sp³-hybridized carbons (Fsp3) is 0.500.